The lowest BCUT2D eigenvalue weighted by atomic mass is 10.1. The summed E-state index contributed by atoms with van der Waals surface area (Å²) in [6.45, 7) is 4.67. The molecule has 1 atom stereocenters. The van der Waals surface area contributed by atoms with Crippen molar-refractivity contribution in [1.29, 1.82) is 0 Å². The van der Waals surface area contributed by atoms with Gasteiger partial charge in [-0.15, -0.1) is 0 Å². The summed E-state index contributed by atoms with van der Waals surface area (Å²) in [6.07, 6.45) is 2.13. The number of benzene rings is 2. The number of nitrogens with one attached hydrogen (secondary N) is 2. The SMILES string of the molecule is CC(=O)Nc1c(-c2ccccc2)c(C)nn1-c1ccc(C(=O)NC[C@@H]2CCCO2)cc1. The summed E-state index contributed by atoms with van der Waals surface area (Å²) in [5, 5.41) is 10.5. The first-order chi connectivity index (χ1) is 15.0. The minimum absolute atomic E-state index is 0.104. The Bertz CT molecular complexity index is 1070. The van der Waals surface area contributed by atoms with E-state index in [0.717, 1.165) is 42.0 Å². The molecule has 7 nitrogen and oxygen atoms in total. The van der Waals surface area contributed by atoms with Crippen LogP contribution < -0.4 is 10.6 Å². The molecule has 0 bridgehead atoms. The van der Waals surface area contributed by atoms with Crippen LogP contribution in [0.15, 0.2) is 54.6 Å². The van der Waals surface area contributed by atoms with Crippen molar-refractivity contribution >= 4 is 17.6 Å². The van der Waals surface area contributed by atoms with Gasteiger partial charge in [-0.3, -0.25) is 9.59 Å². The number of amides is 2. The van der Waals surface area contributed by atoms with Crippen LogP contribution in [0.5, 0.6) is 0 Å². The smallest absolute Gasteiger partial charge is 0.251 e. The molecule has 1 aliphatic rings. The highest BCUT2D eigenvalue weighted by Crippen LogP contribution is 2.33. The first-order valence-corrected chi connectivity index (χ1v) is 10.5. The van der Waals surface area contributed by atoms with Crippen molar-refractivity contribution in [2.75, 3.05) is 18.5 Å². The summed E-state index contributed by atoms with van der Waals surface area (Å²) in [5.74, 6) is 0.293. The van der Waals surface area contributed by atoms with Gasteiger partial charge in [0.25, 0.3) is 5.91 Å². The standard InChI is InChI=1S/C24H26N4O3/c1-16-22(18-7-4-3-5-8-18)23(26-17(2)29)28(27-16)20-12-10-19(11-13-20)24(30)25-15-21-9-6-14-31-21/h3-5,7-8,10-13,21H,6,9,14-15H2,1-2H3,(H,25,30)(H,26,29)/t21-/m0/s1. The first kappa shape index (κ1) is 20.8. The van der Waals surface area contributed by atoms with E-state index < -0.39 is 0 Å². The first-order valence-electron chi connectivity index (χ1n) is 10.5. The summed E-state index contributed by atoms with van der Waals surface area (Å²) in [5.41, 5.74) is 3.96. The molecule has 7 heteroatoms. The van der Waals surface area contributed by atoms with E-state index >= 15 is 0 Å². The van der Waals surface area contributed by atoms with Crippen LogP contribution in [0.3, 0.4) is 0 Å². The van der Waals surface area contributed by atoms with Crippen LogP contribution in [0.1, 0.15) is 35.8 Å². The largest absolute Gasteiger partial charge is 0.376 e. The molecule has 0 saturated carbocycles. The van der Waals surface area contributed by atoms with Crippen LogP contribution in [-0.2, 0) is 9.53 Å². The fourth-order valence-corrected chi connectivity index (χ4v) is 3.81. The minimum atomic E-state index is -0.177. The second-order valence-corrected chi connectivity index (χ2v) is 7.66. The Hall–Kier alpha value is -3.45. The molecule has 4 rings (SSSR count). The lowest BCUT2D eigenvalue weighted by Crippen LogP contribution is -2.31. The van der Waals surface area contributed by atoms with Crippen molar-refractivity contribution in [3.63, 3.8) is 0 Å². The second kappa shape index (κ2) is 9.14. The van der Waals surface area contributed by atoms with Crippen molar-refractivity contribution in [2.45, 2.75) is 32.8 Å². The molecule has 160 valence electrons. The predicted octanol–water partition coefficient (Wildman–Crippen LogP) is 3.71. The number of carbonyl (C=O) groups excluding carboxylic acids is 2. The molecule has 1 fully saturated rings. The average Bonchev–Trinajstić information content (AvgIpc) is 3.40. The number of nitrogens with zero attached hydrogens (tertiary/aromatic N) is 2. The van der Waals surface area contributed by atoms with Crippen LogP contribution in [0.25, 0.3) is 16.8 Å². The number of anilines is 1. The van der Waals surface area contributed by atoms with E-state index in [1.807, 2.05) is 49.4 Å². The van der Waals surface area contributed by atoms with Crippen LogP contribution in [0, 0.1) is 6.92 Å². The molecule has 2 N–H and O–H groups in total. The van der Waals surface area contributed by atoms with E-state index in [9.17, 15) is 9.59 Å². The van der Waals surface area contributed by atoms with Gasteiger partial charge in [-0.25, -0.2) is 4.68 Å². The van der Waals surface area contributed by atoms with E-state index in [1.165, 1.54) is 6.92 Å². The maximum atomic E-state index is 12.5. The van der Waals surface area contributed by atoms with E-state index in [4.69, 9.17) is 4.74 Å². The molecular formula is C24H26N4O3. The highest BCUT2D eigenvalue weighted by molar-refractivity contribution is 5.95. The van der Waals surface area contributed by atoms with Crippen LogP contribution in [0.2, 0.25) is 0 Å². The van der Waals surface area contributed by atoms with Gasteiger partial charge in [-0.05, 0) is 49.6 Å². The van der Waals surface area contributed by atoms with E-state index in [2.05, 4.69) is 15.7 Å². The fourth-order valence-electron chi connectivity index (χ4n) is 3.81. The van der Waals surface area contributed by atoms with Gasteiger partial charge in [0.1, 0.15) is 5.82 Å². The molecule has 3 aromatic rings. The molecule has 0 spiro atoms. The maximum absolute atomic E-state index is 12.5. The number of carbonyl (C=O) groups is 2. The molecular weight excluding hydrogens is 392 g/mol. The Kier molecular flexibility index (Phi) is 6.13. The van der Waals surface area contributed by atoms with Gasteiger partial charge in [-0.2, -0.15) is 5.10 Å². The maximum Gasteiger partial charge on any atom is 0.251 e. The Balaban J connectivity index is 1.60. The number of aromatic nitrogens is 2. The van der Waals surface area contributed by atoms with Gasteiger partial charge in [0.15, 0.2) is 0 Å². The second-order valence-electron chi connectivity index (χ2n) is 7.66. The summed E-state index contributed by atoms with van der Waals surface area (Å²) in [4.78, 5) is 24.4. The third-order valence-electron chi connectivity index (χ3n) is 5.31. The highest BCUT2D eigenvalue weighted by Gasteiger charge is 2.20. The third kappa shape index (κ3) is 4.67. The molecule has 1 aliphatic heterocycles. The average molecular weight is 418 g/mol. The van der Waals surface area contributed by atoms with Crippen molar-refractivity contribution in [2.24, 2.45) is 0 Å². The van der Waals surface area contributed by atoms with Crippen molar-refractivity contribution in [3.8, 4) is 16.8 Å². The van der Waals surface area contributed by atoms with Crippen LogP contribution >= 0.6 is 0 Å². The van der Waals surface area contributed by atoms with Crippen molar-refractivity contribution in [3.05, 3.63) is 65.9 Å². The molecule has 1 saturated heterocycles. The summed E-state index contributed by atoms with van der Waals surface area (Å²) in [6, 6.07) is 17.0. The third-order valence-corrected chi connectivity index (χ3v) is 5.31. The molecule has 2 heterocycles. The van der Waals surface area contributed by atoms with Gasteiger partial charge in [0, 0.05) is 31.2 Å². The summed E-state index contributed by atoms with van der Waals surface area (Å²) < 4.78 is 7.25. The van der Waals surface area contributed by atoms with E-state index in [0.29, 0.717) is 17.9 Å². The lowest BCUT2D eigenvalue weighted by molar-refractivity contribution is -0.114. The van der Waals surface area contributed by atoms with Crippen LogP contribution in [0.4, 0.5) is 5.82 Å². The number of hydrogen-bond donors (Lipinski definition) is 2. The Morgan fingerprint density at radius 3 is 2.52 bits per heavy atom. The number of aryl methyl sites for hydroxylation is 1. The number of hydrogen-bond acceptors (Lipinski definition) is 4. The van der Waals surface area contributed by atoms with E-state index in [-0.39, 0.29) is 17.9 Å². The zero-order chi connectivity index (χ0) is 21.8. The van der Waals surface area contributed by atoms with E-state index in [1.54, 1.807) is 16.8 Å². The summed E-state index contributed by atoms with van der Waals surface area (Å²) in [7, 11) is 0. The Labute approximate surface area is 181 Å². The molecule has 2 aromatic carbocycles. The minimum Gasteiger partial charge on any atom is -0.376 e. The highest BCUT2D eigenvalue weighted by atomic mass is 16.5. The van der Waals surface area contributed by atoms with Gasteiger partial charge >= 0.3 is 0 Å². The molecule has 0 aliphatic carbocycles. The fraction of sp³-hybridized carbons (Fsp3) is 0.292. The van der Waals surface area contributed by atoms with Crippen molar-refractivity contribution < 1.29 is 14.3 Å². The molecule has 0 unspecified atom stereocenters. The number of ether oxygens (including phenoxy) is 1. The summed E-state index contributed by atoms with van der Waals surface area (Å²) >= 11 is 0. The molecule has 0 radical (unpaired) electrons. The van der Waals surface area contributed by atoms with Crippen LogP contribution in [-0.4, -0.2) is 40.9 Å². The van der Waals surface area contributed by atoms with Gasteiger partial charge in [0.05, 0.1) is 17.5 Å². The Morgan fingerprint density at radius 1 is 1.13 bits per heavy atom. The van der Waals surface area contributed by atoms with Gasteiger partial charge < -0.3 is 15.4 Å². The van der Waals surface area contributed by atoms with Gasteiger partial charge in [0.2, 0.25) is 5.91 Å². The molecule has 2 amide bonds. The quantitative estimate of drug-likeness (QED) is 0.639. The number of rotatable bonds is 6. The zero-order valence-corrected chi connectivity index (χ0v) is 17.7. The lowest BCUT2D eigenvalue weighted by Gasteiger charge is -2.12. The monoisotopic (exact) mass is 418 g/mol. The molecule has 31 heavy (non-hydrogen) atoms. The zero-order valence-electron chi connectivity index (χ0n) is 17.7. The van der Waals surface area contributed by atoms with Crippen molar-refractivity contribution in [1.82, 2.24) is 15.1 Å². The topological polar surface area (TPSA) is 85.2 Å². The predicted molar refractivity (Wildman–Crippen MR) is 119 cm³/mol. The normalized spacial score (nSPS) is 15.6. The Morgan fingerprint density at radius 2 is 1.87 bits per heavy atom. The van der Waals surface area contributed by atoms with Gasteiger partial charge in [-0.1, -0.05) is 30.3 Å². The molecule has 1 aromatic heterocycles.